The second-order valence-electron chi connectivity index (χ2n) is 4.37. The number of amides is 1. The third-order valence-electron chi connectivity index (χ3n) is 3.13. The van der Waals surface area contributed by atoms with Gasteiger partial charge in [0.25, 0.3) is 0 Å². The lowest BCUT2D eigenvalue weighted by atomic mass is 9.88. The number of carbonyl (C=O) groups is 1. The fourth-order valence-corrected chi connectivity index (χ4v) is 2.10. The lowest BCUT2D eigenvalue weighted by Crippen LogP contribution is -2.50. The van der Waals surface area contributed by atoms with E-state index in [1.165, 1.54) is 0 Å². The van der Waals surface area contributed by atoms with Crippen molar-refractivity contribution in [3.8, 4) is 0 Å². The molecular formula is C10H19ClN2O2. The summed E-state index contributed by atoms with van der Waals surface area (Å²) in [6.07, 6.45) is 3.35. The fraction of sp³-hybridized carbons (Fsp3) is 0.900. The molecule has 1 atom stereocenters. The summed E-state index contributed by atoms with van der Waals surface area (Å²) in [6.45, 7) is 1.84. The summed E-state index contributed by atoms with van der Waals surface area (Å²) in [7, 11) is 0. The van der Waals surface area contributed by atoms with Gasteiger partial charge in [0.05, 0.1) is 12.0 Å². The maximum atomic E-state index is 11.7. The quantitative estimate of drug-likeness (QED) is 0.633. The Kier molecular flexibility index (Phi) is 4.83. The number of hydrogen-bond donors (Lipinski definition) is 3. The van der Waals surface area contributed by atoms with Crippen LogP contribution in [0.3, 0.4) is 0 Å². The van der Waals surface area contributed by atoms with Gasteiger partial charge in [0.2, 0.25) is 5.91 Å². The minimum Gasteiger partial charge on any atom is -0.393 e. The normalized spacial score (nSPS) is 34.9. The van der Waals surface area contributed by atoms with Gasteiger partial charge in [0.1, 0.15) is 0 Å². The highest BCUT2D eigenvalue weighted by Crippen LogP contribution is 2.20. The van der Waals surface area contributed by atoms with E-state index in [9.17, 15) is 4.79 Å². The van der Waals surface area contributed by atoms with Crippen LogP contribution in [0.5, 0.6) is 0 Å². The Morgan fingerprint density at radius 1 is 1.40 bits per heavy atom. The topological polar surface area (TPSA) is 61.4 Å². The van der Waals surface area contributed by atoms with Gasteiger partial charge in [0, 0.05) is 12.6 Å². The van der Waals surface area contributed by atoms with Crippen molar-refractivity contribution in [1.29, 1.82) is 0 Å². The van der Waals surface area contributed by atoms with E-state index < -0.39 is 0 Å². The van der Waals surface area contributed by atoms with E-state index in [4.69, 9.17) is 5.11 Å². The van der Waals surface area contributed by atoms with Gasteiger partial charge in [0.15, 0.2) is 0 Å². The zero-order chi connectivity index (χ0) is 9.97. The molecule has 15 heavy (non-hydrogen) atoms. The van der Waals surface area contributed by atoms with Gasteiger partial charge in [-0.2, -0.15) is 0 Å². The van der Waals surface area contributed by atoms with Crippen LogP contribution in [0.25, 0.3) is 0 Å². The Labute approximate surface area is 96.2 Å². The molecule has 88 valence electrons. The summed E-state index contributed by atoms with van der Waals surface area (Å²) in [5.41, 5.74) is 0. The molecule has 0 radical (unpaired) electrons. The first-order valence-electron chi connectivity index (χ1n) is 5.45. The van der Waals surface area contributed by atoms with Crippen LogP contribution in [-0.2, 0) is 4.79 Å². The van der Waals surface area contributed by atoms with E-state index in [0.717, 1.165) is 38.8 Å². The monoisotopic (exact) mass is 234 g/mol. The summed E-state index contributed by atoms with van der Waals surface area (Å²) < 4.78 is 0. The Morgan fingerprint density at radius 3 is 2.67 bits per heavy atom. The lowest BCUT2D eigenvalue weighted by Gasteiger charge is -2.33. The minimum absolute atomic E-state index is 0. The smallest absolute Gasteiger partial charge is 0.224 e. The average Bonchev–Trinajstić information content (AvgIpc) is 2.17. The minimum atomic E-state index is -0.190. The molecule has 5 heteroatoms. The first-order valence-corrected chi connectivity index (χ1v) is 5.45. The van der Waals surface area contributed by atoms with Gasteiger partial charge in [-0.25, -0.2) is 0 Å². The van der Waals surface area contributed by atoms with E-state index in [1.807, 2.05) is 0 Å². The van der Waals surface area contributed by atoms with Crippen LogP contribution in [0, 0.1) is 5.92 Å². The molecule has 0 bridgehead atoms. The van der Waals surface area contributed by atoms with Crippen molar-refractivity contribution in [3.05, 3.63) is 0 Å². The van der Waals surface area contributed by atoms with Crippen molar-refractivity contribution in [3.63, 3.8) is 0 Å². The van der Waals surface area contributed by atoms with Gasteiger partial charge in [-0.3, -0.25) is 4.79 Å². The zero-order valence-electron chi connectivity index (χ0n) is 8.74. The van der Waals surface area contributed by atoms with Crippen LogP contribution in [0.15, 0.2) is 0 Å². The highest BCUT2D eigenvalue weighted by atomic mass is 35.5. The first-order chi connectivity index (χ1) is 6.75. The Morgan fingerprint density at radius 2 is 2.13 bits per heavy atom. The van der Waals surface area contributed by atoms with E-state index in [0.29, 0.717) is 0 Å². The number of rotatable bonds is 2. The van der Waals surface area contributed by atoms with Gasteiger partial charge in [-0.1, -0.05) is 0 Å². The van der Waals surface area contributed by atoms with Crippen LogP contribution in [0.2, 0.25) is 0 Å². The summed E-state index contributed by atoms with van der Waals surface area (Å²) in [5.74, 6) is 0.301. The Hall–Kier alpha value is -0.320. The predicted molar refractivity (Wildman–Crippen MR) is 60.0 cm³/mol. The second kappa shape index (κ2) is 5.68. The molecule has 0 aromatic heterocycles. The molecule has 1 saturated carbocycles. The number of aliphatic hydroxyl groups excluding tert-OH is 1. The van der Waals surface area contributed by atoms with Crippen LogP contribution in [0.4, 0.5) is 0 Å². The maximum Gasteiger partial charge on any atom is 0.224 e. The number of carbonyl (C=O) groups excluding carboxylic acids is 1. The SMILES string of the molecule is Cl.O=C(NC1CC(O)C1)[C@@H]1CCCNC1. The van der Waals surface area contributed by atoms with E-state index in [-0.39, 0.29) is 36.4 Å². The maximum absolute atomic E-state index is 11.7. The molecule has 0 aromatic rings. The van der Waals surface area contributed by atoms with Crippen molar-refractivity contribution in [2.24, 2.45) is 5.92 Å². The molecule has 1 aliphatic heterocycles. The van der Waals surface area contributed by atoms with Gasteiger partial charge in [-0.05, 0) is 32.2 Å². The third kappa shape index (κ3) is 3.33. The summed E-state index contributed by atoms with van der Waals surface area (Å²) in [5, 5.41) is 15.3. The third-order valence-corrected chi connectivity index (χ3v) is 3.13. The van der Waals surface area contributed by atoms with Crippen LogP contribution >= 0.6 is 12.4 Å². The standard InChI is InChI=1S/C10H18N2O2.ClH/c13-9-4-8(5-9)12-10(14)7-2-1-3-11-6-7;/h7-9,11,13H,1-6H2,(H,12,14);1H/t7-,8?,9?;/m1./s1. The van der Waals surface area contributed by atoms with E-state index in [2.05, 4.69) is 10.6 Å². The van der Waals surface area contributed by atoms with Crippen LogP contribution in [0.1, 0.15) is 25.7 Å². The summed E-state index contributed by atoms with van der Waals surface area (Å²) >= 11 is 0. The van der Waals surface area contributed by atoms with Crippen LogP contribution in [-0.4, -0.2) is 36.2 Å². The largest absolute Gasteiger partial charge is 0.393 e. The van der Waals surface area contributed by atoms with Crippen molar-refractivity contribution >= 4 is 18.3 Å². The van der Waals surface area contributed by atoms with Crippen LogP contribution < -0.4 is 10.6 Å². The number of nitrogens with one attached hydrogen (secondary N) is 2. The number of aliphatic hydroxyl groups is 1. The number of halogens is 1. The molecule has 2 fully saturated rings. The average molecular weight is 235 g/mol. The molecule has 1 aliphatic carbocycles. The molecule has 1 heterocycles. The zero-order valence-corrected chi connectivity index (χ0v) is 9.55. The van der Waals surface area contributed by atoms with Crippen molar-refractivity contribution in [2.45, 2.75) is 37.8 Å². The highest BCUT2D eigenvalue weighted by molar-refractivity contribution is 5.85. The Bertz CT molecular complexity index is 213. The Balaban J connectivity index is 0.00000112. The van der Waals surface area contributed by atoms with E-state index in [1.54, 1.807) is 0 Å². The molecule has 0 aromatic carbocycles. The molecule has 0 spiro atoms. The molecule has 4 nitrogen and oxygen atoms in total. The molecule has 2 aliphatic rings. The fourth-order valence-electron chi connectivity index (χ4n) is 2.10. The van der Waals surface area contributed by atoms with Crippen molar-refractivity contribution < 1.29 is 9.90 Å². The second-order valence-corrected chi connectivity index (χ2v) is 4.37. The van der Waals surface area contributed by atoms with Crippen molar-refractivity contribution in [2.75, 3.05) is 13.1 Å². The van der Waals surface area contributed by atoms with Gasteiger partial charge >= 0.3 is 0 Å². The lowest BCUT2D eigenvalue weighted by molar-refractivity contribution is -0.127. The predicted octanol–water partition coefficient (Wildman–Crippen LogP) is 0.0473. The summed E-state index contributed by atoms with van der Waals surface area (Å²) in [4.78, 5) is 11.7. The molecule has 1 saturated heterocycles. The molecule has 1 amide bonds. The highest BCUT2D eigenvalue weighted by Gasteiger charge is 2.30. The summed E-state index contributed by atoms with van der Waals surface area (Å²) in [6, 6.07) is 0.222. The van der Waals surface area contributed by atoms with Gasteiger partial charge < -0.3 is 15.7 Å². The molecule has 3 N–H and O–H groups in total. The van der Waals surface area contributed by atoms with E-state index >= 15 is 0 Å². The van der Waals surface area contributed by atoms with Gasteiger partial charge in [-0.15, -0.1) is 12.4 Å². The number of hydrogen-bond acceptors (Lipinski definition) is 3. The number of piperidine rings is 1. The molecule has 0 unspecified atom stereocenters. The van der Waals surface area contributed by atoms with Crippen molar-refractivity contribution in [1.82, 2.24) is 10.6 Å². The first kappa shape index (κ1) is 12.7. The molecular weight excluding hydrogens is 216 g/mol. The molecule has 2 rings (SSSR count).